The number of pyridine rings is 1. The molecule has 0 bridgehead atoms. The van der Waals surface area contributed by atoms with Crippen LogP contribution in [0.4, 0.5) is 13.2 Å². The van der Waals surface area contributed by atoms with Gasteiger partial charge in [0.2, 0.25) is 0 Å². The van der Waals surface area contributed by atoms with Gasteiger partial charge in [0.25, 0.3) is 5.91 Å². The smallest absolute Gasteiger partial charge is 0.487 e. The van der Waals surface area contributed by atoms with E-state index in [9.17, 15) is 18.0 Å². The Morgan fingerprint density at radius 2 is 1.58 bits per heavy atom. The lowest BCUT2D eigenvalue weighted by Crippen LogP contribution is -2.48. The molecule has 1 N–H and O–H groups in total. The van der Waals surface area contributed by atoms with E-state index in [1.165, 1.54) is 24.0 Å². The Bertz CT molecular complexity index is 1140. The molecule has 0 aliphatic carbocycles. The van der Waals surface area contributed by atoms with E-state index < -0.39 is 12.1 Å². The van der Waals surface area contributed by atoms with Crippen LogP contribution >= 0.6 is 0 Å². The third kappa shape index (κ3) is 6.64. The van der Waals surface area contributed by atoms with Crippen LogP contribution in [0.5, 0.6) is 5.75 Å². The van der Waals surface area contributed by atoms with Gasteiger partial charge in [0.15, 0.2) is 0 Å². The molecule has 7 nitrogen and oxygen atoms in total. The second-order valence-electron chi connectivity index (χ2n) is 11.1. The van der Waals surface area contributed by atoms with Crippen molar-refractivity contribution in [3.8, 4) is 5.75 Å². The summed E-state index contributed by atoms with van der Waals surface area (Å²) in [5.41, 5.74) is 3.75. The third-order valence-corrected chi connectivity index (χ3v) is 7.76. The van der Waals surface area contributed by atoms with Crippen LogP contribution in [0, 0.1) is 5.41 Å². The standard InChI is InChI=1S/C26H33N3O2.C2HF3O2/c1-25(2)18-21-4-3-5-22(23(21)31-25)19-28-14-8-26(9-15-28)10-16-29(17-11-26)24(30)20-6-12-27-13-7-20;3-2(4,5)1(6)7/h3-7,12-13H,8-11,14-19H2,1-2H3;(H,6,7). The van der Waals surface area contributed by atoms with Crippen molar-refractivity contribution in [1.82, 2.24) is 14.8 Å². The van der Waals surface area contributed by atoms with E-state index in [-0.39, 0.29) is 11.5 Å². The molecule has 1 aromatic heterocycles. The number of piperidine rings is 2. The van der Waals surface area contributed by atoms with E-state index in [0.717, 1.165) is 63.3 Å². The van der Waals surface area contributed by atoms with Crippen molar-refractivity contribution in [2.24, 2.45) is 5.41 Å². The molecule has 3 aliphatic rings. The highest BCUT2D eigenvalue weighted by molar-refractivity contribution is 5.94. The van der Waals surface area contributed by atoms with Crippen LogP contribution in [-0.2, 0) is 17.8 Å². The van der Waals surface area contributed by atoms with Gasteiger partial charge in [0, 0.05) is 49.6 Å². The zero-order valence-corrected chi connectivity index (χ0v) is 21.8. The maximum Gasteiger partial charge on any atom is 0.490 e. The van der Waals surface area contributed by atoms with Crippen LogP contribution in [0.3, 0.4) is 0 Å². The van der Waals surface area contributed by atoms with E-state index in [4.69, 9.17) is 14.6 Å². The highest BCUT2D eigenvalue weighted by atomic mass is 19.4. The van der Waals surface area contributed by atoms with Gasteiger partial charge in [-0.2, -0.15) is 13.2 Å². The number of carboxylic acid groups (broad SMARTS) is 1. The molecule has 4 heterocycles. The molecule has 10 heteroatoms. The summed E-state index contributed by atoms with van der Waals surface area (Å²) in [6, 6.07) is 10.3. The molecule has 3 aliphatic heterocycles. The van der Waals surface area contributed by atoms with Crippen molar-refractivity contribution in [2.75, 3.05) is 26.2 Å². The van der Waals surface area contributed by atoms with Gasteiger partial charge in [-0.05, 0) is 75.7 Å². The van der Waals surface area contributed by atoms with Gasteiger partial charge < -0.3 is 14.7 Å². The quantitative estimate of drug-likeness (QED) is 0.602. The van der Waals surface area contributed by atoms with Crippen molar-refractivity contribution >= 4 is 11.9 Å². The number of carboxylic acids is 1. The first-order valence-corrected chi connectivity index (χ1v) is 12.9. The molecule has 1 spiro atoms. The number of nitrogens with zero attached hydrogens (tertiary/aromatic N) is 3. The van der Waals surface area contributed by atoms with E-state index in [1.54, 1.807) is 12.4 Å². The Balaban J connectivity index is 0.000000426. The Morgan fingerprint density at radius 1 is 1.00 bits per heavy atom. The Kier molecular flexibility index (Phi) is 8.01. The maximum absolute atomic E-state index is 12.7. The van der Waals surface area contributed by atoms with E-state index in [2.05, 4.69) is 41.9 Å². The van der Waals surface area contributed by atoms with E-state index in [1.807, 2.05) is 17.0 Å². The summed E-state index contributed by atoms with van der Waals surface area (Å²) in [5.74, 6) is -1.49. The number of alkyl halides is 3. The summed E-state index contributed by atoms with van der Waals surface area (Å²) >= 11 is 0. The van der Waals surface area contributed by atoms with Gasteiger partial charge in [-0.15, -0.1) is 0 Å². The summed E-state index contributed by atoms with van der Waals surface area (Å²) in [6.07, 6.45) is 4.00. The fourth-order valence-corrected chi connectivity index (χ4v) is 5.59. The van der Waals surface area contributed by atoms with Crippen molar-refractivity contribution in [3.63, 3.8) is 0 Å². The number of para-hydroxylation sites is 1. The Hall–Kier alpha value is -3.14. The second-order valence-corrected chi connectivity index (χ2v) is 11.1. The monoisotopic (exact) mass is 533 g/mol. The summed E-state index contributed by atoms with van der Waals surface area (Å²) in [4.78, 5) is 30.3. The number of aromatic nitrogens is 1. The molecule has 0 saturated carbocycles. The largest absolute Gasteiger partial charge is 0.490 e. The minimum absolute atomic E-state index is 0.0912. The number of halogens is 3. The van der Waals surface area contributed by atoms with Crippen molar-refractivity contribution in [2.45, 2.75) is 64.3 Å². The predicted molar refractivity (Wildman–Crippen MR) is 135 cm³/mol. The lowest BCUT2D eigenvalue weighted by Gasteiger charge is -2.47. The SMILES string of the molecule is CC1(C)Cc2cccc(CN3CCC4(CC3)CCN(C(=O)c3ccncc3)CC4)c2O1.O=C(O)C(F)(F)F. The average Bonchev–Trinajstić information content (AvgIpc) is 3.21. The molecular formula is C28H34F3N3O4. The number of carbonyl (C=O) groups excluding carboxylic acids is 1. The maximum atomic E-state index is 12.7. The molecule has 2 aromatic rings. The fraction of sp³-hybridized carbons (Fsp3) is 0.536. The van der Waals surface area contributed by atoms with Crippen LogP contribution in [0.25, 0.3) is 0 Å². The van der Waals surface area contributed by atoms with Crippen molar-refractivity contribution in [1.29, 1.82) is 0 Å². The Labute approximate surface area is 220 Å². The number of benzene rings is 1. The van der Waals surface area contributed by atoms with Gasteiger partial charge >= 0.3 is 12.1 Å². The number of likely N-dealkylation sites (tertiary alicyclic amines) is 2. The first-order chi connectivity index (χ1) is 17.9. The van der Waals surface area contributed by atoms with Crippen LogP contribution in [-0.4, -0.2) is 69.7 Å². The molecule has 0 radical (unpaired) electrons. The molecule has 2 fully saturated rings. The van der Waals surface area contributed by atoms with Crippen molar-refractivity contribution in [3.05, 3.63) is 59.4 Å². The summed E-state index contributed by atoms with van der Waals surface area (Å²) < 4.78 is 38.0. The molecule has 38 heavy (non-hydrogen) atoms. The average molecular weight is 534 g/mol. The minimum Gasteiger partial charge on any atom is -0.487 e. The first-order valence-electron chi connectivity index (χ1n) is 12.9. The lowest BCUT2D eigenvalue weighted by molar-refractivity contribution is -0.192. The number of fused-ring (bicyclic) bond motifs is 1. The predicted octanol–water partition coefficient (Wildman–Crippen LogP) is 4.95. The molecule has 1 aromatic carbocycles. The summed E-state index contributed by atoms with van der Waals surface area (Å²) in [5, 5.41) is 7.12. The number of rotatable bonds is 3. The Morgan fingerprint density at radius 3 is 2.16 bits per heavy atom. The minimum atomic E-state index is -5.08. The molecule has 1 amide bonds. The first kappa shape index (κ1) is 27.9. The van der Waals surface area contributed by atoms with Crippen molar-refractivity contribution < 1.29 is 32.6 Å². The third-order valence-electron chi connectivity index (χ3n) is 7.76. The van der Waals surface area contributed by atoms with Crippen LogP contribution in [0.1, 0.15) is 61.0 Å². The summed E-state index contributed by atoms with van der Waals surface area (Å²) in [7, 11) is 0. The second kappa shape index (κ2) is 10.9. The van der Waals surface area contributed by atoms with Gasteiger partial charge in [-0.25, -0.2) is 4.79 Å². The number of hydrogen-bond donors (Lipinski definition) is 1. The zero-order chi connectivity index (χ0) is 27.6. The van der Waals surface area contributed by atoms with E-state index >= 15 is 0 Å². The molecule has 0 atom stereocenters. The summed E-state index contributed by atoms with van der Waals surface area (Å²) in [6.45, 7) is 9.33. The van der Waals surface area contributed by atoms with Gasteiger partial charge in [-0.1, -0.05) is 18.2 Å². The highest BCUT2D eigenvalue weighted by Gasteiger charge is 2.40. The lowest BCUT2D eigenvalue weighted by atomic mass is 9.71. The molecular weight excluding hydrogens is 499 g/mol. The van der Waals surface area contributed by atoms with Crippen LogP contribution < -0.4 is 4.74 Å². The van der Waals surface area contributed by atoms with Gasteiger partial charge in [-0.3, -0.25) is 14.7 Å². The molecule has 5 rings (SSSR count). The van der Waals surface area contributed by atoms with Gasteiger partial charge in [0.1, 0.15) is 11.4 Å². The molecule has 206 valence electrons. The van der Waals surface area contributed by atoms with E-state index in [0.29, 0.717) is 5.41 Å². The van der Waals surface area contributed by atoms with Crippen LogP contribution in [0.2, 0.25) is 0 Å². The molecule has 0 unspecified atom stereocenters. The topological polar surface area (TPSA) is 83.0 Å². The number of carbonyl (C=O) groups is 2. The normalized spacial score (nSPS) is 20.2. The zero-order valence-electron chi connectivity index (χ0n) is 21.8. The number of aliphatic carboxylic acids is 1. The fourth-order valence-electron chi connectivity index (χ4n) is 5.59. The highest BCUT2D eigenvalue weighted by Crippen LogP contribution is 2.43. The molecule has 2 saturated heterocycles. The number of amides is 1. The number of hydrogen-bond acceptors (Lipinski definition) is 5. The van der Waals surface area contributed by atoms with Crippen LogP contribution in [0.15, 0.2) is 42.7 Å². The van der Waals surface area contributed by atoms with Gasteiger partial charge in [0.05, 0.1) is 0 Å². The number of ether oxygens (including phenoxy) is 1.